The fourth-order valence-corrected chi connectivity index (χ4v) is 2.43. The van der Waals surface area contributed by atoms with Gasteiger partial charge in [-0.1, -0.05) is 27.2 Å². The Morgan fingerprint density at radius 3 is 2.78 bits per heavy atom. The van der Waals surface area contributed by atoms with Crippen molar-refractivity contribution in [2.75, 3.05) is 5.75 Å². The molecule has 0 aliphatic carbocycles. The predicted octanol–water partition coefficient (Wildman–Crippen LogP) is 3.02. The van der Waals surface area contributed by atoms with E-state index in [1.54, 1.807) is 11.8 Å². The highest BCUT2D eigenvalue weighted by Crippen LogP contribution is 2.15. The maximum atomic E-state index is 11.0. The summed E-state index contributed by atoms with van der Waals surface area (Å²) in [6.45, 7) is 6.36. The number of aryl methyl sites for hydroxylation is 1. The van der Waals surface area contributed by atoms with Gasteiger partial charge in [-0.15, -0.1) is 0 Å². The first-order valence-electron chi connectivity index (χ1n) is 6.20. The van der Waals surface area contributed by atoms with Gasteiger partial charge in [0.2, 0.25) is 0 Å². The zero-order valence-corrected chi connectivity index (χ0v) is 12.0. The largest absolute Gasteiger partial charge is 0.478 e. The number of carbonyl (C=O) groups is 1. The van der Waals surface area contributed by atoms with Crippen LogP contribution in [0.1, 0.15) is 49.1 Å². The summed E-state index contributed by atoms with van der Waals surface area (Å²) >= 11 is 1.78. The van der Waals surface area contributed by atoms with E-state index in [1.165, 1.54) is 6.20 Å². The maximum absolute atomic E-state index is 11.0. The van der Waals surface area contributed by atoms with Crippen LogP contribution in [-0.4, -0.2) is 26.8 Å². The van der Waals surface area contributed by atoms with Gasteiger partial charge in [0.05, 0.1) is 17.0 Å². The molecule has 18 heavy (non-hydrogen) atoms. The molecule has 0 aliphatic rings. The third kappa shape index (κ3) is 4.64. The molecule has 4 nitrogen and oxygen atoms in total. The van der Waals surface area contributed by atoms with Gasteiger partial charge in [0.15, 0.2) is 0 Å². The topological polar surface area (TPSA) is 63.1 Å². The number of carboxylic acids is 1. The van der Waals surface area contributed by atoms with E-state index in [9.17, 15) is 4.79 Å². The van der Waals surface area contributed by atoms with E-state index in [4.69, 9.17) is 5.11 Å². The lowest BCUT2D eigenvalue weighted by atomic mass is 10.1. The van der Waals surface area contributed by atoms with Crippen LogP contribution < -0.4 is 0 Å². The van der Waals surface area contributed by atoms with Crippen molar-refractivity contribution in [3.8, 4) is 0 Å². The second-order valence-corrected chi connectivity index (χ2v) is 5.64. The van der Waals surface area contributed by atoms with Gasteiger partial charge in [0.1, 0.15) is 5.82 Å². The molecule has 0 atom stereocenters. The number of hydrogen-bond acceptors (Lipinski definition) is 4. The molecule has 0 saturated heterocycles. The SMILES string of the molecule is CCCc1nc(CSCC(C)C)ncc1C(=O)O. The van der Waals surface area contributed by atoms with Crippen LogP contribution in [0.2, 0.25) is 0 Å². The Bertz CT molecular complexity index is 408. The normalized spacial score (nSPS) is 10.9. The molecule has 100 valence electrons. The Morgan fingerprint density at radius 2 is 2.22 bits per heavy atom. The van der Waals surface area contributed by atoms with Crippen molar-refractivity contribution in [2.24, 2.45) is 5.92 Å². The Morgan fingerprint density at radius 1 is 1.50 bits per heavy atom. The van der Waals surface area contributed by atoms with Gasteiger partial charge in [-0.3, -0.25) is 0 Å². The Hall–Kier alpha value is -1.10. The summed E-state index contributed by atoms with van der Waals surface area (Å²) in [7, 11) is 0. The third-order valence-electron chi connectivity index (χ3n) is 2.32. The number of hydrogen-bond donors (Lipinski definition) is 1. The number of rotatable bonds is 7. The highest BCUT2D eigenvalue weighted by atomic mass is 32.2. The lowest BCUT2D eigenvalue weighted by Gasteiger charge is -2.07. The number of thioether (sulfide) groups is 1. The van der Waals surface area contributed by atoms with Gasteiger partial charge in [0, 0.05) is 6.20 Å². The molecule has 0 aliphatic heterocycles. The molecule has 0 fully saturated rings. The quantitative estimate of drug-likeness (QED) is 0.823. The van der Waals surface area contributed by atoms with Crippen molar-refractivity contribution in [3.63, 3.8) is 0 Å². The van der Waals surface area contributed by atoms with Crippen LogP contribution in [0.15, 0.2) is 6.20 Å². The Balaban J connectivity index is 2.76. The monoisotopic (exact) mass is 268 g/mol. The minimum Gasteiger partial charge on any atom is -0.478 e. The van der Waals surface area contributed by atoms with E-state index in [-0.39, 0.29) is 5.56 Å². The summed E-state index contributed by atoms with van der Waals surface area (Å²) in [5.41, 5.74) is 0.884. The second kappa shape index (κ2) is 7.36. The molecule has 0 spiro atoms. The van der Waals surface area contributed by atoms with E-state index in [0.29, 0.717) is 18.0 Å². The van der Waals surface area contributed by atoms with Crippen LogP contribution in [0.4, 0.5) is 0 Å². The predicted molar refractivity (Wildman–Crippen MR) is 74.0 cm³/mol. The van der Waals surface area contributed by atoms with E-state index >= 15 is 0 Å². The molecule has 0 bridgehead atoms. The Kier molecular flexibility index (Phi) is 6.12. The average Bonchev–Trinajstić information content (AvgIpc) is 2.29. The number of aromatic carboxylic acids is 1. The summed E-state index contributed by atoms with van der Waals surface area (Å²) in [5, 5.41) is 9.05. The van der Waals surface area contributed by atoms with Crippen LogP contribution in [0.25, 0.3) is 0 Å². The minimum absolute atomic E-state index is 0.231. The summed E-state index contributed by atoms with van der Waals surface area (Å²) in [4.78, 5) is 19.5. The van der Waals surface area contributed by atoms with Gasteiger partial charge in [-0.25, -0.2) is 14.8 Å². The van der Waals surface area contributed by atoms with Crippen molar-refractivity contribution in [3.05, 3.63) is 23.3 Å². The molecular weight excluding hydrogens is 248 g/mol. The standard InChI is InChI=1S/C13H20N2O2S/c1-4-5-11-10(13(16)17)6-14-12(15-11)8-18-7-9(2)3/h6,9H,4-5,7-8H2,1-3H3,(H,16,17). The molecule has 1 aromatic heterocycles. The fraction of sp³-hybridized carbons (Fsp3) is 0.615. The Labute approximate surface area is 112 Å². The lowest BCUT2D eigenvalue weighted by Crippen LogP contribution is -2.08. The number of aromatic nitrogens is 2. The lowest BCUT2D eigenvalue weighted by molar-refractivity contribution is 0.0694. The number of nitrogens with zero attached hydrogens (tertiary/aromatic N) is 2. The first-order chi connectivity index (χ1) is 8.54. The van der Waals surface area contributed by atoms with Crippen LogP contribution in [0.5, 0.6) is 0 Å². The highest BCUT2D eigenvalue weighted by molar-refractivity contribution is 7.98. The third-order valence-corrected chi connectivity index (χ3v) is 3.68. The van der Waals surface area contributed by atoms with Gasteiger partial charge in [-0.2, -0.15) is 11.8 Å². The van der Waals surface area contributed by atoms with Crippen molar-refractivity contribution in [1.29, 1.82) is 0 Å². The van der Waals surface area contributed by atoms with Crippen molar-refractivity contribution < 1.29 is 9.90 Å². The number of carboxylic acid groups (broad SMARTS) is 1. The molecule has 1 rings (SSSR count). The summed E-state index contributed by atoms with van der Waals surface area (Å²) in [6.07, 6.45) is 3.01. The van der Waals surface area contributed by atoms with Crippen molar-refractivity contribution >= 4 is 17.7 Å². The smallest absolute Gasteiger partial charge is 0.339 e. The van der Waals surface area contributed by atoms with Crippen LogP contribution in [0.3, 0.4) is 0 Å². The van der Waals surface area contributed by atoms with E-state index in [0.717, 1.165) is 23.8 Å². The molecule has 0 amide bonds. The minimum atomic E-state index is -0.945. The van der Waals surface area contributed by atoms with E-state index in [2.05, 4.69) is 23.8 Å². The molecule has 0 unspecified atom stereocenters. The summed E-state index contributed by atoms with van der Waals surface area (Å²) in [6, 6.07) is 0. The maximum Gasteiger partial charge on any atom is 0.339 e. The molecule has 0 saturated carbocycles. The zero-order valence-electron chi connectivity index (χ0n) is 11.1. The molecule has 5 heteroatoms. The van der Waals surface area contributed by atoms with E-state index < -0.39 is 5.97 Å². The summed E-state index contributed by atoms with van der Waals surface area (Å²) < 4.78 is 0. The van der Waals surface area contributed by atoms with E-state index in [1.807, 2.05) is 6.92 Å². The molecular formula is C13H20N2O2S. The molecule has 0 aromatic carbocycles. The molecule has 1 aromatic rings. The van der Waals surface area contributed by atoms with Gasteiger partial charge in [0.25, 0.3) is 0 Å². The van der Waals surface area contributed by atoms with Crippen LogP contribution in [-0.2, 0) is 12.2 Å². The van der Waals surface area contributed by atoms with Gasteiger partial charge in [-0.05, 0) is 18.1 Å². The fourth-order valence-electron chi connectivity index (χ4n) is 1.52. The molecule has 1 heterocycles. The van der Waals surface area contributed by atoms with Gasteiger partial charge >= 0.3 is 5.97 Å². The van der Waals surface area contributed by atoms with Crippen LogP contribution >= 0.6 is 11.8 Å². The average molecular weight is 268 g/mol. The summed E-state index contributed by atoms with van der Waals surface area (Å²) in [5.74, 6) is 2.24. The highest BCUT2D eigenvalue weighted by Gasteiger charge is 2.12. The zero-order chi connectivity index (χ0) is 13.5. The van der Waals surface area contributed by atoms with Crippen molar-refractivity contribution in [2.45, 2.75) is 39.4 Å². The van der Waals surface area contributed by atoms with Gasteiger partial charge < -0.3 is 5.11 Å². The first kappa shape index (κ1) is 15.0. The second-order valence-electron chi connectivity index (χ2n) is 4.61. The van der Waals surface area contributed by atoms with Crippen molar-refractivity contribution in [1.82, 2.24) is 9.97 Å². The molecule has 1 N–H and O–H groups in total. The molecule has 0 radical (unpaired) electrons. The van der Waals surface area contributed by atoms with Crippen LogP contribution in [0, 0.1) is 5.92 Å². The first-order valence-corrected chi connectivity index (χ1v) is 7.35.